The van der Waals surface area contributed by atoms with E-state index in [1.807, 2.05) is 0 Å². The first-order chi connectivity index (χ1) is 12.6. The van der Waals surface area contributed by atoms with Crippen LogP contribution in [0.1, 0.15) is 25.3 Å². The third kappa shape index (κ3) is 7.28. The number of nitrogens with zero attached hydrogens (tertiary/aromatic N) is 2. The predicted octanol–water partition coefficient (Wildman–Crippen LogP) is 3.06. The van der Waals surface area contributed by atoms with Gasteiger partial charge >= 0.3 is 6.61 Å². The summed E-state index contributed by atoms with van der Waals surface area (Å²) in [7, 11) is 3.17. The number of aliphatic imine (C=N–C) groups is 1. The van der Waals surface area contributed by atoms with Crippen molar-refractivity contribution in [3.63, 3.8) is 0 Å². The molecule has 0 bridgehead atoms. The fraction of sp³-hybridized carbons (Fsp3) is 0.611. The van der Waals surface area contributed by atoms with Crippen molar-refractivity contribution in [1.29, 1.82) is 0 Å². The lowest BCUT2D eigenvalue weighted by Gasteiger charge is -2.24. The smallest absolute Gasteiger partial charge is 0.387 e. The van der Waals surface area contributed by atoms with Crippen LogP contribution < -0.4 is 20.1 Å². The quantitative estimate of drug-likeness (QED) is 0.328. The lowest BCUT2D eigenvalue weighted by atomic mass is 10.2. The van der Waals surface area contributed by atoms with Crippen LogP contribution in [0.25, 0.3) is 0 Å². The maximum Gasteiger partial charge on any atom is 0.387 e. The van der Waals surface area contributed by atoms with E-state index in [1.165, 1.54) is 26.0 Å². The van der Waals surface area contributed by atoms with Gasteiger partial charge in [-0.15, -0.1) is 24.0 Å². The second-order valence-electron chi connectivity index (χ2n) is 6.08. The van der Waals surface area contributed by atoms with Crippen LogP contribution in [0, 0.1) is 0 Å². The Kier molecular flexibility index (Phi) is 10.7. The summed E-state index contributed by atoms with van der Waals surface area (Å²) in [5, 5.41) is 6.46. The van der Waals surface area contributed by atoms with Crippen LogP contribution in [0.15, 0.2) is 23.2 Å². The summed E-state index contributed by atoms with van der Waals surface area (Å²) in [6.45, 7) is 2.57. The Hall–Kier alpha value is -1.36. The van der Waals surface area contributed by atoms with Gasteiger partial charge in [-0.3, -0.25) is 9.89 Å². The number of rotatable bonds is 8. The molecule has 1 aromatic carbocycles. The number of nitrogens with one attached hydrogen (secondary N) is 2. The van der Waals surface area contributed by atoms with E-state index in [1.54, 1.807) is 19.2 Å². The molecule has 1 aliphatic rings. The van der Waals surface area contributed by atoms with Crippen molar-refractivity contribution in [3.8, 4) is 11.5 Å². The molecule has 154 valence electrons. The molecule has 2 N–H and O–H groups in total. The fourth-order valence-electron chi connectivity index (χ4n) is 3.17. The highest BCUT2D eigenvalue weighted by Crippen LogP contribution is 2.26. The number of likely N-dealkylation sites (N-methyl/N-ethyl adjacent to an activating group) is 1. The highest BCUT2D eigenvalue weighted by molar-refractivity contribution is 14.0. The highest BCUT2D eigenvalue weighted by atomic mass is 127. The first kappa shape index (κ1) is 23.7. The summed E-state index contributed by atoms with van der Waals surface area (Å²) in [5.74, 6) is 1.19. The minimum absolute atomic E-state index is 0. The SMILES string of the molecule is CCN1CCCC1CNC(=NC)NCc1ccc(OC)cc1OC(F)F.I. The lowest BCUT2D eigenvalue weighted by molar-refractivity contribution is -0.0505. The van der Waals surface area contributed by atoms with Crippen LogP contribution in [0.2, 0.25) is 0 Å². The van der Waals surface area contributed by atoms with Gasteiger partial charge in [-0.1, -0.05) is 6.92 Å². The van der Waals surface area contributed by atoms with Crippen LogP contribution in [0.5, 0.6) is 11.5 Å². The van der Waals surface area contributed by atoms with E-state index < -0.39 is 6.61 Å². The molecule has 1 heterocycles. The summed E-state index contributed by atoms with van der Waals surface area (Å²) >= 11 is 0. The van der Waals surface area contributed by atoms with Gasteiger partial charge in [0.2, 0.25) is 0 Å². The van der Waals surface area contributed by atoms with Crippen LogP contribution in [-0.2, 0) is 6.54 Å². The molecule has 0 amide bonds. The van der Waals surface area contributed by atoms with Gasteiger partial charge in [0.15, 0.2) is 5.96 Å². The van der Waals surface area contributed by atoms with Gasteiger partial charge in [0.05, 0.1) is 7.11 Å². The number of ether oxygens (including phenoxy) is 2. The molecule has 1 aliphatic heterocycles. The van der Waals surface area contributed by atoms with Crippen molar-refractivity contribution in [1.82, 2.24) is 15.5 Å². The molecule has 27 heavy (non-hydrogen) atoms. The Balaban J connectivity index is 0.00000364. The van der Waals surface area contributed by atoms with Crippen LogP contribution in [0.4, 0.5) is 8.78 Å². The van der Waals surface area contributed by atoms with Gasteiger partial charge in [-0.05, 0) is 38.1 Å². The van der Waals surface area contributed by atoms with Gasteiger partial charge in [-0.25, -0.2) is 0 Å². The minimum Gasteiger partial charge on any atom is -0.497 e. The van der Waals surface area contributed by atoms with Crippen LogP contribution >= 0.6 is 24.0 Å². The zero-order chi connectivity index (χ0) is 18.9. The number of hydrogen-bond donors (Lipinski definition) is 2. The molecule has 1 atom stereocenters. The van der Waals surface area contributed by atoms with E-state index in [4.69, 9.17) is 4.74 Å². The Morgan fingerprint density at radius 1 is 1.37 bits per heavy atom. The van der Waals surface area contributed by atoms with E-state index in [2.05, 4.69) is 32.2 Å². The molecule has 0 saturated carbocycles. The zero-order valence-electron chi connectivity index (χ0n) is 16.0. The molecule has 0 aliphatic carbocycles. The molecule has 0 radical (unpaired) electrons. The van der Waals surface area contributed by atoms with Crippen molar-refractivity contribution >= 4 is 29.9 Å². The molecule has 0 spiro atoms. The topological polar surface area (TPSA) is 58.1 Å². The van der Waals surface area contributed by atoms with Crippen molar-refractivity contribution < 1.29 is 18.3 Å². The molecule has 1 saturated heterocycles. The number of halogens is 3. The van der Waals surface area contributed by atoms with Gasteiger partial charge in [0.1, 0.15) is 11.5 Å². The zero-order valence-corrected chi connectivity index (χ0v) is 18.3. The second kappa shape index (κ2) is 12.2. The molecular formula is C18H29F2IN4O2. The maximum atomic E-state index is 12.6. The minimum atomic E-state index is -2.89. The second-order valence-corrected chi connectivity index (χ2v) is 6.08. The number of hydrogen-bond acceptors (Lipinski definition) is 4. The lowest BCUT2D eigenvalue weighted by Crippen LogP contribution is -2.44. The molecule has 1 fully saturated rings. The monoisotopic (exact) mass is 498 g/mol. The average Bonchev–Trinajstić information content (AvgIpc) is 3.09. The van der Waals surface area contributed by atoms with Crippen LogP contribution in [-0.4, -0.2) is 57.3 Å². The number of methoxy groups -OCH3 is 1. The normalized spacial score (nSPS) is 17.6. The third-order valence-electron chi connectivity index (χ3n) is 4.57. The fourth-order valence-corrected chi connectivity index (χ4v) is 3.17. The summed E-state index contributed by atoms with van der Waals surface area (Å²) in [6, 6.07) is 5.37. The number of guanidine groups is 1. The Morgan fingerprint density at radius 2 is 2.15 bits per heavy atom. The number of likely N-dealkylation sites (tertiary alicyclic amines) is 1. The largest absolute Gasteiger partial charge is 0.497 e. The standard InChI is InChI=1S/C18H28F2N4O2.HI/c1-4-24-9-5-6-14(24)12-23-18(21-2)22-11-13-7-8-15(25-3)10-16(13)26-17(19)20;/h7-8,10,14,17H,4-6,9,11-12H2,1-3H3,(H2,21,22,23);1H. The Bertz CT molecular complexity index is 605. The molecule has 6 nitrogen and oxygen atoms in total. The first-order valence-electron chi connectivity index (χ1n) is 8.87. The molecule has 9 heteroatoms. The van der Waals surface area contributed by atoms with Gasteiger partial charge in [-0.2, -0.15) is 8.78 Å². The first-order valence-corrected chi connectivity index (χ1v) is 8.87. The molecule has 0 aromatic heterocycles. The van der Waals surface area contributed by atoms with Crippen LogP contribution in [0.3, 0.4) is 0 Å². The van der Waals surface area contributed by atoms with Gasteiger partial charge in [0.25, 0.3) is 0 Å². The summed E-state index contributed by atoms with van der Waals surface area (Å²) in [6.07, 6.45) is 2.38. The molecule has 1 aromatic rings. The Labute approximate surface area is 176 Å². The van der Waals surface area contributed by atoms with Crippen molar-refractivity contribution in [2.75, 3.05) is 33.8 Å². The molecular weight excluding hydrogens is 469 g/mol. The predicted molar refractivity (Wildman–Crippen MR) is 114 cm³/mol. The summed E-state index contributed by atoms with van der Waals surface area (Å²) < 4.78 is 35.0. The highest BCUT2D eigenvalue weighted by Gasteiger charge is 2.22. The van der Waals surface area contributed by atoms with Gasteiger partial charge in [0, 0.05) is 37.8 Å². The van der Waals surface area contributed by atoms with Crippen molar-refractivity contribution in [2.24, 2.45) is 4.99 Å². The van der Waals surface area contributed by atoms with E-state index in [0.717, 1.165) is 19.6 Å². The van der Waals surface area contributed by atoms with E-state index >= 15 is 0 Å². The Morgan fingerprint density at radius 3 is 2.78 bits per heavy atom. The summed E-state index contributed by atoms with van der Waals surface area (Å²) in [4.78, 5) is 6.64. The van der Waals surface area contributed by atoms with E-state index in [-0.39, 0.29) is 29.7 Å². The third-order valence-corrected chi connectivity index (χ3v) is 4.57. The van der Waals surface area contributed by atoms with Crippen molar-refractivity contribution in [3.05, 3.63) is 23.8 Å². The molecule has 2 rings (SSSR count). The number of alkyl halides is 2. The van der Waals surface area contributed by atoms with E-state index in [9.17, 15) is 8.78 Å². The molecule has 1 unspecified atom stereocenters. The van der Waals surface area contributed by atoms with Gasteiger partial charge < -0.3 is 20.1 Å². The van der Waals surface area contributed by atoms with Crippen molar-refractivity contribution in [2.45, 2.75) is 39.0 Å². The summed E-state index contributed by atoms with van der Waals surface area (Å²) in [5.41, 5.74) is 0.602. The number of benzene rings is 1. The average molecular weight is 498 g/mol. The maximum absolute atomic E-state index is 12.6. The van der Waals surface area contributed by atoms with E-state index in [0.29, 0.717) is 29.9 Å².